The Morgan fingerprint density at radius 1 is 0.606 bits per heavy atom. The van der Waals surface area contributed by atoms with E-state index in [0.717, 1.165) is 25.6 Å². The molecule has 0 aliphatic heterocycles. The van der Waals surface area contributed by atoms with Gasteiger partial charge in [0.2, 0.25) is 0 Å². The van der Waals surface area contributed by atoms with Gasteiger partial charge in [0.25, 0.3) is 0 Å². The first-order valence-corrected chi connectivity index (χ1v) is 12.0. The molecule has 1 N–H and O–H groups in total. The fourth-order valence-electron chi connectivity index (χ4n) is 3.33. The quantitative estimate of drug-likeness (QED) is 0.259. The van der Waals surface area contributed by atoms with Crippen molar-refractivity contribution < 1.29 is 5.11 Å². The summed E-state index contributed by atoms with van der Waals surface area (Å²) in [4.78, 5) is 0. The van der Waals surface area contributed by atoms with E-state index in [0.29, 0.717) is 11.1 Å². The molecule has 0 atom stereocenters. The van der Waals surface area contributed by atoms with Gasteiger partial charge < -0.3 is 5.11 Å². The summed E-state index contributed by atoms with van der Waals surface area (Å²) in [5.74, 6) is 12.8. The van der Waals surface area contributed by atoms with Crippen molar-refractivity contribution in [2.45, 2.75) is 12.5 Å². The second kappa shape index (κ2) is 10.2. The number of aryl methyl sites for hydroxylation is 1. The largest absolute Gasteiger partial charge is 0.369 e. The lowest BCUT2D eigenvalue weighted by Crippen LogP contribution is -2.25. The average Bonchev–Trinajstić information content (AvgIpc) is 2.83. The molecule has 0 bridgehead atoms. The highest BCUT2D eigenvalue weighted by atomic mass is 79.9. The first-order valence-electron chi connectivity index (χ1n) is 10.4. The molecule has 0 aromatic heterocycles. The van der Waals surface area contributed by atoms with Crippen molar-refractivity contribution in [3.8, 4) is 23.7 Å². The third kappa shape index (κ3) is 5.65. The number of benzene rings is 4. The van der Waals surface area contributed by atoms with Crippen molar-refractivity contribution in [2.24, 2.45) is 0 Å². The Labute approximate surface area is 211 Å². The zero-order valence-corrected chi connectivity index (χ0v) is 21.1. The lowest BCUT2D eigenvalue weighted by molar-refractivity contribution is 0.145. The van der Waals surface area contributed by atoms with Gasteiger partial charge in [0.1, 0.15) is 0 Å². The number of rotatable bonds is 2. The van der Waals surface area contributed by atoms with Crippen LogP contribution in [0.1, 0.15) is 33.4 Å². The molecule has 0 unspecified atom stereocenters. The first-order chi connectivity index (χ1) is 15.9. The third-order valence-corrected chi connectivity index (χ3v) is 6.28. The molecule has 0 fully saturated rings. The molecule has 0 saturated heterocycles. The first kappa shape index (κ1) is 23.1. The zero-order valence-electron chi connectivity index (χ0n) is 17.9. The van der Waals surface area contributed by atoms with Crippen LogP contribution < -0.4 is 0 Å². The summed E-state index contributed by atoms with van der Waals surface area (Å²) in [6.07, 6.45) is 0. The predicted molar refractivity (Wildman–Crippen MR) is 142 cm³/mol. The summed E-state index contributed by atoms with van der Waals surface area (Å²) < 4.78 is 1.88. The van der Waals surface area contributed by atoms with Crippen molar-refractivity contribution in [3.63, 3.8) is 0 Å². The molecule has 0 saturated carbocycles. The Kier molecular flexibility index (Phi) is 7.17. The van der Waals surface area contributed by atoms with E-state index in [4.69, 9.17) is 0 Å². The monoisotopic (exact) mass is 554 g/mol. The fraction of sp³-hybridized carbons (Fsp3) is 0.0667. The van der Waals surface area contributed by atoms with Crippen LogP contribution in [0.3, 0.4) is 0 Å². The summed E-state index contributed by atoms with van der Waals surface area (Å²) >= 11 is 6.93. The van der Waals surface area contributed by atoms with Gasteiger partial charge in [-0.1, -0.05) is 110 Å². The Morgan fingerprint density at radius 2 is 1.09 bits per heavy atom. The van der Waals surface area contributed by atoms with Gasteiger partial charge in [-0.25, -0.2) is 0 Å². The van der Waals surface area contributed by atoms with E-state index in [1.807, 2.05) is 97.1 Å². The Hall–Kier alpha value is -3.08. The van der Waals surface area contributed by atoms with E-state index in [2.05, 4.69) is 62.5 Å². The molecule has 0 aliphatic rings. The van der Waals surface area contributed by atoms with Gasteiger partial charge in [-0.3, -0.25) is 0 Å². The van der Waals surface area contributed by atoms with Crippen LogP contribution in [0.2, 0.25) is 0 Å². The average molecular weight is 556 g/mol. The highest BCUT2D eigenvalue weighted by Crippen LogP contribution is 2.31. The molecule has 0 spiro atoms. The summed E-state index contributed by atoms with van der Waals surface area (Å²) in [6, 6.07) is 31.0. The van der Waals surface area contributed by atoms with Gasteiger partial charge >= 0.3 is 0 Å². The maximum Gasteiger partial charge on any atom is 0.177 e. The van der Waals surface area contributed by atoms with E-state index < -0.39 is 5.60 Å². The topological polar surface area (TPSA) is 20.2 Å². The smallest absolute Gasteiger partial charge is 0.177 e. The van der Waals surface area contributed by atoms with Crippen LogP contribution in [0.25, 0.3) is 0 Å². The standard InChI is InChI=1S/C30H20Br2O/c1-22-6-8-23(9-7-22)10-11-24-4-2-3-5-25(24)20-21-30(33,26-12-16-28(31)17-13-26)27-14-18-29(32)19-15-27/h2-9,12-19,33H,1H3. The molecule has 0 aliphatic carbocycles. The molecule has 4 aromatic rings. The van der Waals surface area contributed by atoms with Crippen LogP contribution in [-0.2, 0) is 5.60 Å². The minimum atomic E-state index is -1.47. The van der Waals surface area contributed by atoms with Gasteiger partial charge in [-0.05, 0) is 55.5 Å². The molecule has 33 heavy (non-hydrogen) atoms. The summed E-state index contributed by atoms with van der Waals surface area (Å²) in [6.45, 7) is 2.06. The van der Waals surface area contributed by atoms with Crippen LogP contribution in [-0.4, -0.2) is 5.11 Å². The molecule has 0 amide bonds. The molecular weight excluding hydrogens is 536 g/mol. The second-order valence-electron chi connectivity index (χ2n) is 7.64. The van der Waals surface area contributed by atoms with Crippen LogP contribution in [0.5, 0.6) is 0 Å². The molecule has 4 rings (SSSR count). The van der Waals surface area contributed by atoms with Gasteiger partial charge in [-0.15, -0.1) is 0 Å². The number of hydrogen-bond donors (Lipinski definition) is 1. The molecule has 3 heteroatoms. The Balaban J connectivity index is 1.77. The highest BCUT2D eigenvalue weighted by molar-refractivity contribution is 9.10. The van der Waals surface area contributed by atoms with Crippen molar-refractivity contribution in [3.05, 3.63) is 139 Å². The molecule has 0 heterocycles. The van der Waals surface area contributed by atoms with Crippen LogP contribution in [0, 0.1) is 30.6 Å². The highest BCUT2D eigenvalue weighted by Gasteiger charge is 2.29. The molecule has 1 nitrogen and oxygen atoms in total. The molecule has 0 radical (unpaired) electrons. The van der Waals surface area contributed by atoms with E-state index in [9.17, 15) is 5.11 Å². The van der Waals surface area contributed by atoms with Crippen LogP contribution in [0.4, 0.5) is 0 Å². The van der Waals surface area contributed by atoms with Crippen molar-refractivity contribution >= 4 is 31.9 Å². The zero-order chi connectivity index (χ0) is 23.3. The lowest BCUT2D eigenvalue weighted by Gasteiger charge is -2.24. The summed E-state index contributed by atoms with van der Waals surface area (Å²) in [5, 5.41) is 11.8. The van der Waals surface area contributed by atoms with Crippen LogP contribution in [0.15, 0.2) is 106 Å². The number of halogens is 2. The van der Waals surface area contributed by atoms with E-state index in [1.54, 1.807) is 0 Å². The maximum absolute atomic E-state index is 11.8. The van der Waals surface area contributed by atoms with E-state index >= 15 is 0 Å². The number of aliphatic hydroxyl groups is 1. The minimum absolute atomic E-state index is 0.698. The molecule has 4 aromatic carbocycles. The maximum atomic E-state index is 11.8. The van der Waals surface area contributed by atoms with Crippen molar-refractivity contribution in [1.82, 2.24) is 0 Å². The summed E-state index contributed by atoms with van der Waals surface area (Å²) in [5.41, 5.74) is 3.66. The van der Waals surface area contributed by atoms with Crippen LogP contribution >= 0.6 is 31.9 Å². The second-order valence-corrected chi connectivity index (χ2v) is 9.47. The predicted octanol–water partition coefficient (Wildman–Crippen LogP) is 7.21. The minimum Gasteiger partial charge on any atom is -0.369 e. The van der Waals surface area contributed by atoms with Gasteiger partial charge in [0.05, 0.1) is 0 Å². The van der Waals surface area contributed by atoms with Crippen molar-refractivity contribution in [2.75, 3.05) is 0 Å². The molecule has 160 valence electrons. The SMILES string of the molecule is Cc1ccc(C#Cc2ccccc2C#CC(O)(c2ccc(Br)cc2)c2ccc(Br)cc2)cc1. The third-order valence-electron chi connectivity index (χ3n) is 5.22. The summed E-state index contributed by atoms with van der Waals surface area (Å²) in [7, 11) is 0. The number of hydrogen-bond acceptors (Lipinski definition) is 1. The fourth-order valence-corrected chi connectivity index (χ4v) is 3.86. The van der Waals surface area contributed by atoms with E-state index in [1.165, 1.54) is 5.56 Å². The Bertz CT molecular complexity index is 1330. The normalized spacial score (nSPS) is 10.5. The Morgan fingerprint density at radius 3 is 1.61 bits per heavy atom. The molecular formula is C30H20Br2O. The van der Waals surface area contributed by atoms with Gasteiger partial charge in [-0.2, -0.15) is 0 Å². The lowest BCUT2D eigenvalue weighted by atomic mass is 9.86. The van der Waals surface area contributed by atoms with Crippen molar-refractivity contribution in [1.29, 1.82) is 0 Å². The van der Waals surface area contributed by atoms with Gasteiger partial charge in [0, 0.05) is 36.8 Å². The van der Waals surface area contributed by atoms with E-state index in [-0.39, 0.29) is 0 Å². The van der Waals surface area contributed by atoms with Gasteiger partial charge in [0.15, 0.2) is 5.60 Å².